The van der Waals surface area contributed by atoms with Gasteiger partial charge in [-0.25, -0.2) is 9.50 Å². The molecular formula is C29H40N6O7. The van der Waals surface area contributed by atoms with Crippen LogP contribution >= 0.6 is 0 Å². The predicted molar refractivity (Wildman–Crippen MR) is 149 cm³/mol. The minimum absolute atomic E-state index is 0.110. The maximum atomic E-state index is 13.0. The SMILES string of the molecule is CC[C@H](C)C(=O)Nc1ncnn2c([C@]3(C#N)O[C@H](COC(=O)CC4CCC4)[C@@H](OC(=O)[C@H](N)C(C)(C)C)[C@H]3O)ccc12. The minimum Gasteiger partial charge on any atom is -0.463 e. The summed E-state index contributed by atoms with van der Waals surface area (Å²) in [6, 6.07) is 4.09. The number of ether oxygens (including phenoxy) is 3. The second kappa shape index (κ2) is 12.3. The number of nitriles is 1. The maximum absolute atomic E-state index is 13.0. The average Bonchev–Trinajstić information content (AvgIpc) is 3.48. The van der Waals surface area contributed by atoms with E-state index in [1.54, 1.807) is 33.8 Å². The van der Waals surface area contributed by atoms with Crippen molar-refractivity contribution >= 4 is 29.2 Å². The van der Waals surface area contributed by atoms with E-state index < -0.39 is 47.3 Å². The van der Waals surface area contributed by atoms with Crippen LogP contribution < -0.4 is 11.1 Å². The minimum atomic E-state index is -2.08. The van der Waals surface area contributed by atoms with Gasteiger partial charge in [0, 0.05) is 12.3 Å². The fourth-order valence-corrected chi connectivity index (χ4v) is 4.91. The number of fused-ring (bicyclic) bond motifs is 1. The molecule has 1 saturated heterocycles. The van der Waals surface area contributed by atoms with Crippen LogP contribution in [0.5, 0.6) is 0 Å². The Hall–Kier alpha value is -3.60. The van der Waals surface area contributed by atoms with Crippen LogP contribution in [0.25, 0.3) is 5.52 Å². The number of carbonyl (C=O) groups excluding carboxylic acids is 3. The maximum Gasteiger partial charge on any atom is 0.323 e. The number of anilines is 1. The van der Waals surface area contributed by atoms with Gasteiger partial charge < -0.3 is 30.4 Å². The molecule has 4 rings (SSSR count). The van der Waals surface area contributed by atoms with Gasteiger partial charge in [0.15, 0.2) is 11.9 Å². The van der Waals surface area contributed by atoms with Crippen molar-refractivity contribution in [2.75, 3.05) is 11.9 Å². The van der Waals surface area contributed by atoms with Gasteiger partial charge >= 0.3 is 11.9 Å². The number of hydrogen-bond acceptors (Lipinski definition) is 11. The fourth-order valence-electron chi connectivity index (χ4n) is 4.91. The topological polar surface area (TPSA) is 191 Å². The number of nitrogens with zero attached hydrogens (tertiary/aromatic N) is 4. The van der Waals surface area contributed by atoms with E-state index in [0.717, 1.165) is 19.3 Å². The van der Waals surface area contributed by atoms with Gasteiger partial charge in [0.05, 0.1) is 5.69 Å². The quantitative estimate of drug-likeness (QED) is 0.347. The summed E-state index contributed by atoms with van der Waals surface area (Å²) in [6.45, 7) is 8.63. The third kappa shape index (κ3) is 6.11. The van der Waals surface area contributed by atoms with Gasteiger partial charge in [-0.3, -0.25) is 14.4 Å². The number of nitrogens with two attached hydrogens (primary N) is 1. The number of aromatic nitrogens is 3. The normalized spacial score (nSPS) is 25.7. The largest absolute Gasteiger partial charge is 0.463 e. The van der Waals surface area contributed by atoms with Crippen LogP contribution in [0.1, 0.15) is 72.4 Å². The first-order valence-corrected chi connectivity index (χ1v) is 14.3. The van der Waals surface area contributed by atoms with Gasteiger partial charge in [-0.05, 0) is 42.7 Å². The van der Waals surface area contributed by atoms with E-state index in [4.69, 9.17) is 19.9 Å². The zero-order valence-corrected chi connectivity index (χ0v) is 24.7. The lowest BCUT2D eigenvalue weighted by molar-refractivity contribution is -0.163. The van der Waals surface area contributed by atoms with Crippen molar-refractivity contribution < 1.29 is 33.7 Å². The Morgan fingerprint density at radius 3 is 2.64 bits per heavy atom. The van der Waals surface area contributed by atoms with Gasteiger partial charge in [-0.1, -0.05) is 41.0 Å². The van der Waals surface area contributed by atoms with Gasteiger partial charge in [0.1, 0.15) is 42.8 Å². The molecule has 1 amide bonds. The summed E-state index contributed by atoms with van der Waals surface area (Å²) >= 11 is 0. The number of nitrogens with one attached hydrogen (secondary N) is 1. The van der Waals surface area contributed by atoms with Crippen molar-refractivity contribution in [3.63, 3.8) is 0 Å². The van der Waals surface area contributed by atoms with E-state index in [1.165, 1.54) is 16.9 Å². The molecule has 2 aromatic rings. The highest BCUT2D eigenvalue weighted by Gasteiger charge is 2.60. The Bertz CT molecular complexity index is 1360. The van der Waals surface area contributed by atoms with Gasteiger partial charge in [-0.2, -0.15) is 10.4 Å². The third-order valence-electron chi connectivity index (χ3n) is 8.26. The van der Waals surface area contributed by atoms with Crippen molar-refractivity contribution in [3.05, 3.63) is 24.2 Å². The number of rotatable bonds is 10. The molecule has 0 bridgehead atoms. The Morgan fingerprint density at radius 1 is 1.33 bits per heavy atom. The van der Waals surface area contributed by atoms with Crippen LogP contribution in [0.2, 0.25) is 0 Å². The molecule has 0 radical (unpaired) electrons. The summed E-state index contributed by atoms with van der Waals surface area (Å²) in [5.74, 6) is -1.26. The molecule has 3 heterocycles. The molecule has 228 valence electrons. The zero-order chi connectivity index (χ0) is 30.8. The zero-order valence-electron chi connectivity index (χ0n) is 24.7. The van der Waals surface area contributed by atoms with Crippen LogP contribution in [0, 0.1) is 28.6 Å². The average molecular weight is 585 g/mol. The van der Waals surface area contributed by atoms with E-state index in [1.807, 2.05) is 13.0 Å². The number of esters is 2. The van der Waals surface area contributed by atoms with Crippen molar-refractivity contribution in [3.8, 4) is 6.07 Å². The number of amides is 1. The van der Waals surface area contributed by atoms with E-state index in [2.05, 4.69) is 15.4 Å². The highest BCUT2D eigenvalue weighted by atomic mass is 16.6. The van der Waals surface area contributed by atoms with Crippen LogP contribution in [0.4, 0.5) is 5.82 Å². The summed E-state index contributed by atoms with van der Waals surface area (Å²) in [5.41, 5.74) is 3.85. The Labute approximate surface area is 244 Å². The molecule has 6 atom stereocenters. The summed E-state index contributed by atoms with van der Waals surface area (Å²) < 4.78 is 18.6. The van der Waals surface area contributed by atoms with Gasteiger partial charge in [-0.15, -0.1) is 0 Å². The van der Waals surface area contributed by atoms with E-state index in [-0.39, 0.29) is 42.3 Å². The molecule has 4 N–H and O–H groups in total. The second-order valence-corrected chi connectivity index (χ2v) is 12.3. The summed E-state index contributed by atoms with van der Waals surface area (Å²) in [4.78, 5) is 42.2. The summed E-state index contributed by atoms with van der Waals surface area (Å²) in [7, 11) is 0. The molecule has 1 saturated carbocycles. The highest BCUT2D eigenvalue weighted by molar-refractivity contribution is 5.94. The van der Waals surface area contributed by atoms with Crippen molar-refractivity contribution in [1.82, 2.24) is 14.6 Å². The summed E-state index contributed by atoms with van der Waals surface area (Å²) in [5, 5.41) is 29.0. The molecule has 2 fully saturated rings. The lowest BCUT2D eigenvalue weighted by Gasteiger charge is -2.29. The third-order valence-corrected chi connectivity index (χ3v) is 8.26. The molecule has 2 aliphatic rings. The van der Waals surface area contributed by atoms with Crippen LogP contribution in [0.15, 0.2) is 18.5 Å². The highest BCUT2D eigenvalue weighted by Crippen LogP contribution is 2.42. The van der Waals surface area contributed by atoms with E-state index in [0.29, 0.717) is 11.9 Å². The molecule has 13 heteroatoms. The molecule has 1 aliphatic heterocycles. The fraction of sp³-hybridized carbons (Fsp3) is 0.655. The molecular weight excluding hydrogens is 544 g/mol. The van der Waals surface area contributed by atoms with Gasteiger partial charge in [0.25, 0.3) is 0 Å². The number of aliphatic hydroxyl groups is 1. The Morgan fingerprint density at radius 2 is 2.05 bits per heavy atom. The molecule has 2 aromatic heterocycles. The first kappa shape index (κ1) is 31.3. The van der Waals surface area contributed by atoms with E-state index in [9.17, 15) is 24.8 Å². The lowest BCUT2D eigenvalue weighted by atomic mass is 9.83. The number of aliphatic hydroxyl groups excluding tert-OH is 1. The van der Waals surface area contributed by atoms with Crippen LogP contribution in [0.3, 0.4) is 0 Å². The molecule has 42 heavy (non-hydrogen) atoms. The summed E-state index contributed by atoms with van der Waals surface area (Å²) in [6.07, 6.45) is 0.793. The van der Waals surface area contributed by atoms with Crippen LogP contribution in [-0.2, 0) is 34.2 Å². The molecule has 0 spiro atoms. The molecule has 0 aromatic carbocycles. The first-order chi connectivity index (χ1) is 19.8. The smallest absolute Gasteiger partial charge is 0.323 e. The lowest BCUT2D eigenvalue weighted by Crippen LogP contribution is -2.49. The second-order valence-electron chi connectivity index (χ2n) is 12.3. The monoisotopic (exact) mass is 584 g/mol. The van der Waals surface area contributed by atoms with Crippen molar-refractivity contribution in [2.45, 2.75) is 96.7 Å². The van der Waals surface area contributed by atoms with Gasteiger partial charge in [0.2, 0.25) is 11.5 Å². The predicted octanol–water partition coefficient (Wildman–Crippen LogP) is 2.21. The number of hydrogen-bond donors (Lipinski definition) is 3. The molecule has 0 unspecified atom stereocenters. The molecule has 13 nitrogen and oxygen atoms in total. The van der Waals surface area contributed by atoms with E-state index >= 15 is 0 Å². The van der Waals surface area contributed by atoms with Crippen molar-refractivity contribution in [2.24, 2.45) is 23.0 Å². The molecule has 1 aliphatic carbocycles. The first-order valence-electron chi connectivity index (χ1n) is 14.3. The Balaban J connectivity index is 1.66. The van der Waals surface area contributed by atoms with Crippen molar-refractivity contribution in [1.29, 1.82) is 5.26 Å². The van der Waals surface area contributed by atoms with Crippen LogP contribution in [-0.4, -0.2) is 68.5 Å². The Kier molecular flexibility index (Phi) is 9.20. The number of carbonyl (C=O) groups is 3. The standard InChI is InChI=1S/C29H40N6O7/c1-6-16(2)26(38)34-25-18-10-11-20(35(18)33-15-32-25)29(14-30)24(37)22(41-27(39)23(31)28(3,4)5)19(42-29)13-40-21(36)12-17-8-7-9-17/h10-11,15-17,19,22-24,37H,6-9,12-13,31H2,1-5H3,(H,32,33,34,38)/t16-,19+,22+,23-,24+,29-/m0/s1.